The molecule has 0 bridgehead atoms. The van der Waals surface area contributed by atoms with Crippen molar-refractivity contribution in [2.24, 2.45) is 5.73 Å². The smallest absolute Gasteiger partial charge is 0.234 e. The summed E-state index contributed by atoms with van der Waals surface area (Å²) in [5.74, 6) is -0.371. The van der Waals surface area contributed by atoms with Gasteiger partial charge in [-0.3, -0.25) is 19.3 Å². The van der Waals surface area contributed by atoms with Crippen molar-refractivity contribution in [3.05, 3.63) is 35.4 Å². The van der Waals surface area contributed by atoms with Crippen LogP contribution in [-0.4, -0.2) is 59.6 Å². The number of Topliss-reactive ketones (excluding diaryl/α,β-unsaturated/α-hetero) is 1. The zero-order valence-corrected chi connectivity index (χ0v) is 14.3. The molecule has 6 nitrogen and oxygen atoms in total. The second kappa shape index (κ2) is 8.06. The van der Waals surface area contributed by atoms with Crippen molar-refractivity contribution in [1.29, 1.82) is 0 Å². The summed E-state index contributed by atoms with van der Waals surface area (Å²) in [6.07, 6.45) is 0.442. The summed E-state index contributed by atoms with van der Waals surface area (Å²) in [6, 6.07) is 7.08. The quantitative estimate of drug-likeness (QED) is 0.788. The molecule has 0 saturated carbocycles. The minimum atomic E-state index is -0.349. The predicted octanol–water partition coefficient (Wildman–Crippen LogP) is 0.976. The lowest BCUT2D eigenvalue weighted by Gasteiger charge is -2.37. The van der Waals surface area contributed by atoms with Crippen LogP contribution in [0.1, 0.15) is 35.7 Å². The molecule has 0 aliphatic carbocycles. The van der Waals surface area contributed by atoms with Gasteiger partial charge in [-0.1, -0.05) is 29.8 Å². The Morgan fingerprint density at radius 1 is 1.04 bits per heavy atom. The summed E-state index contributed by atoms with van der Waals surface area (Å²) in [7, 11) is 0. The molecule has 2 N–H and O–H groups in total. The molecule has 1 atom stereocenters. The fourth-order valence-corrected chi connectivity index (χ4v) is 2.80. The molecule has 6 heteroatoms. The number of primary amides is 1. The number of benzene rings is 1. The normalized spacial score (nSPS) is 16.7. The second-order valence-electron chi connectivity index (χ2n) is 6.28. The van der Waals surface area contributed by atoms with Gasteiger partial charge in [-0.15, -0.1) is 0 Å². The number of hydrogen-bond acceptors (Lipinski definition) is 4. The summed E-state index contributed by atoms with van der Waals surface area (Å²) in [6.45, 7) is 6.13. The lowest BCUT2D eigenvalue weighted by atomic mass is 10.0. The number of aryl methyl sites for hydroxylation is 1. The van der Waals surface area contributed by atoms with Gasteiger partial charge in [-0.2, -0.15) is 0 Å². The first kappa shape index (κ1) is 18.1. The third-order valence-electron chi connectivity index (χ3n) is 4.57. The number of ketones is 1. The van der Waals surface area contributed by atoms with Crippen molar-refractivity contribution in [1.82, 2.24) is 9.80 Å². The van der Waals surface area contributed by atoms with E-state index in [4.69, 9.17) is 5.73 Å². The number of carbonyl (C=O) groups is 3. The molecular formula is C18H25N3O3. The van der Waals surface area contributed by atoms with Crippen molar-refractivity contribution in [3.8, 4) is 0 Å². The van der Waals surface area contributed by atoms with Crippen LogP contribution in [-0.2, 0) is 9.59 Å². The number of nitrogens with zero attached hydrogens (tertiary/aromatic N) is 2. The summed E-state index contributed by atoms with van der Waals surface area (Å²) >= 11 is 0. The SMILES string of the molecule is Cc1ccc(C(=O)CCC(=O)N2CCN(C(C)C(N)=O)CC2)cc1. The number of amides is 2. The largest absolute Gasteiger partial charge is 0.368 e. The molecule has 2 rings (SSSR count). The van der Waals surface area contributed by atoms with Gasteiger partial charge in [0, 0.05) is 44.6 Å². The second-order valence-corrected chi connectivity index (χ2v) is 6.28. The number of nitrogens with two attached hydrogens (primary N) is 1. The number of rotatable bonds is 6. The van der Waals surface area contributed by atoms with E-state index in [0.29, 0.717) is 31.7 Å². The molecule has 1 aromatic carbocycles. The van der Waals surface area contributed by atoms with Gasteiger partial charge < -0.3 is 10.6 Å². The highest BCUT2D eigenvalue weighted by atomic mass is 16.2. The Balaban J connectivity index is 1.78. The molecule has 130 valence electrons. The molecule has 1 aromatic rings. The van der Waals surface area contributed by atoms with Crippen LogP contribution in [0.2, 0.25) is 0 Å². The van der Waals surface area contributed by atoms with Crippen LogP contribution in [0.3, 0.4) is 0 Å². The third kappa shape index (κ3) is 4.64. The third-order valence-corrected chi connectivity index (χ3v) is 4.57. The van der Waals surface area contributed by atoms with Crippen LogP contribution in [0.5, 0.6) is 0 Å². The molecule has 24 heavy (non-hydrogen) atoms. The lowest BCUT2D eigenvalue weighted by Crippen LogP contribution is -2.54. The minimum Gasteiger partial charge on any atom is -0.368 e. The van der Waals surface area contributed by atoms with Gasteiger partial charge in [0.15, 0.2) is 5.78 Å². The maximum atomic E-state index is 12.3. The molecule has 0 radical (unpaired) electrons. The zero-order chi connectivity index (χ0) is 17.7. The fourth-order valence-electron chi connectivity index (χ4n) is 2.80. The van der Waals surface area contributed by atoms with E-state index in [0.717, 1.165) is 5.56 Å². The first-order chi connectivity index (χ1) is 11.4. The van der Waals surface area contributed by atoms with E-state index < -0.39 is 0 Å². The van der Waals surface area contributed by atoms with E-state index in [1.165, 1.54) is 0 Å². The Kier molecular flexibility index (Phi) is 6.09. The monoisotopic (exact) mass is 331 g/mol. The molecule has 0 spiro atoms. The highest BCUT2D eigenvalue weighted by Gasteiger charge is 2.26. The molecular weight excluding hydrogens is 306 g/mol. The van der Waals surface area contributed by atoms with E-state index in [9.17, 15) is 14.4 Å². The molecule has 1 aliphatic rings. The molecule has 2 amide bonds. The number of piperazine rings is 1. The maximum Gasteiger partial charge on any atom is 0.234 e. The summed E-state index contributed by atoms with van der Waals surface area (Å²) in [5, 5.41) is 0. The van der Waals surface area contributed by atoms with Gasteiger partial charge >= 0.3 is 0 Å². The molecule has 0 aromatic heterocycles. The Hall–Kier alpha value is -2.21. The van der Waals surface area contributed by atoms with Crippen molar-refractivity contribution in [2.75, 3.05) is 26.2 Å². The number of carbonyl (C=O) groups excluding carboxylic acids is 3. The Morgan fingerprint density at radius 3 is 2.17 bits per heavy atom. The number of hydrogen-bond donors (Lipinski definition) is 1. The van der Waals surface area contributed by atoms with Gasteiger partial charge in [0.25, 0.3) is 0 Å². The minimum absolute atomic E-state index is 0.00987. The van der Waals surface area contributed by atoms with Crippen LogP contribution >= 0.6 is 0 Å². The Morgan fingerprint density at radius 2 is 1.62 bits per heavy atom. The van der Waals surface area contributed by atoms with Gasteiger partial charge in [-0.05, 0) is 13.8 Å². The van der Waals surface area contributed by atoms with Crippen molar-refractivity contribution in [2.45, 2.75) is 32.7 Å². The maximum absolute atomic E-state index is 12.3. The highest BCUT2D eigenvalue weighted by molar-refractivity contribution is 5.98. The molecule has 1 saturated heterocycles. The van der Waals surface area contributed by atoms with Crippen LogP contribution < -0.4 is 5.73 Å². The van der Waals surface area contributed by atoms with Crippen LogP contribution in [0, 0.1) is 6.92 Å². The van der Waals surface area contributed by atoms with E-state index in [-0.39, 0.29) is 36.5 Å². The lowest BCUT2D eigenvalue weighted by molar-refractivity contribution is -0.133. The standard InChI is InChI=1S/C18H25N3O3/c1-13-3-5-15(6-4-13)16(22)7-8-17(23)21-11-9-20(10-12-21)14(2)18(19)24/h3-6,14H,7-12H2,1-2H3,(H2,19,24). The first-order valence-corrected chi connectivity index (χ1v) is 8.29. The molecule has 1 unspecified atom stereocenters. The predicted molar refractivity (Wildman–Crippen MR) is 91.6 cm³/mol. The van der Waals surface area contributed by atoms with Crippen LogP contribution in [0.15, 0.2) is 24.3 Å². The highest BCUT2D eigenvalue weighted by Crippen LogP contribution is 2.11. The van der Waals surface area contributed by atoms with E-state index >= 15 is 0 Å². The van der Waals surface area contributed by atoms with E-state index in [1.807, 2.05) is 24.0 Å². The average Bonchev–Trinajstić information content (AvgIpc) is 2.59. The van der Waals surface area contributed by atoms with E-state index in [2.05, 4.69) is 0 Å². The first-order valence-electron chi connectivity index (χ1n) is 8.29. The van der Waals surface area contributed by atoms with Crippen molar-refractivity contribution in [3.63, 3.8) is 0 Å². The fraction of sp³-hybridized carbons (Fsp3) is 0.500. The van der Waals surface area contributed by atoms with Gasteiger partial charge in [0.05, 0.1) is 6.04 Å². The summed E-state index contributed by atoms with van der Waals surface area (Å²) in [5.41, 5.74) is 7.06. The average molecular weight is 331 g/mol. The van der Waals surface area contributed by atoms with Crippen molar-refractivity contribution >= 4 is 17.6 Å². The van der Waals surface area contributed by atoms with Crippen molar-refractivity contribution < 1.29 is 14.4 Å². The van der Waals surface area contributed by atoms with Gasteiger partial charge in [-0.25, -0.2) is 0 Å². The molecule has 1 heterocycles. The van der Waals surface area contributed by atoms with Crippen LogP contribution in [0.4, 0.5) is 0 Å². The van der Waals surface area contributed by atoms with Gasteiger partial charge in [0.2, 0.25) is 11.8 Å². The van der Waals surface area contributed by atoms with Crippen LogP contribution in [0.25, 0.3) is 0 Å². The Labute approximate surface area is 142 Å². The molecule has 1 aliphatic heterocycles. The van der Waals surface area contributed by atoms with E-state index in [1.54, 1.807) is 24.0 Å². The summed E-state index contributed by atoms with van der Waals surface area (Å²) < 4.78 is 0. The summed E-state index contributed by atoms with van der Waals surface area (Å²) in [4.78, 5) is 39.3. The Bertz CT molecular complexity index is 604. The molecule has 1 fully saturated rings. The zero-order valence-electron chi connectivity index (χ0n) is 14.3. The van der Waals surface area contributed by atoms with Gasteiger partial charge in [0.1, 0.15) is 0 Å². The topological polar surface area (TPSA) is 83.7 Å².